The molecule has 4 amide bonds. The summed E-state index contributed by atoms with van der Waals surface area (Å²) in [6.07, 6.45) is 0. The van der Waals surface area contributed by atoms with Gasteiger partial charge in [-0.3, -0.25) is 9.59 Å². The average Bonchev–Trinajstić information content (AvgIpc) is 2.73. The van der Waals surface area contributed by atoms with Crippen molar-refractivity contribution in [2.75, 3.05) is 38.0 Å². The van der Waals surface area contributed by atoms with E-state index in [-0.39, 0.29) is 24.4 Å². The number of nitrogens with zero attached hydrogens (tertiary/aromatic N) is 2. The number of piperazine rings is 1. The molecule has 7 heteroatoms. The van der Waals surface area contributed by atoms with E-state index in [2.05, 4.69) is 10.6 Å². The van der Waals surface area contributed by atoms with Crippen molar-refractivity contribution in [2.24, 2.45) is 0 Å². The number of carbonyl (C=O) groups is 3. The van der Waals surface area contributed by atoms with Crippen molar-refractivity contribution in [2.45, 2.75) is 0 Å². The lowest BCUT2D eigenvalue weighted by atomic mass is 10.2. The lowest BCUT2D eigenvalue weighted by Crippen LogP contribution is -2.53. The van der Waals surface area contributed by atoms with Gasteiger partial charge in [0, 0.05) is 37.4 Å². The molecular weight excluding hydrogens is 344 g/mol. The monoisotopic (exact) mass is 366 g/mol. The Hall–Kier alpha value is -3.35. The van der Waals surface area contributed by atoms with E-state index in [0.717, 1.165) is 5.69 Å². The zero-order valence-electron chi connectivity index (χ0n) is 14.9. The van der Waals surface area contributed by atoms with Gasteiger partial charge >= 0.3 is 6.03 Å². The molecule has 1 heterocycles. The van der Waals surface area contributed by atoms with Crippen LogP contribution in [0.3, 0.4) is 0 Å². The number of carbonyl (C=O) groups excluding carboxylic acids is 3. The van der Waals surface area contributed by atoms with Crippen molar-refractivity contribution in [3.63, 3.8) is 0 Å². The quantitative estimate of drug-likeness (QED) is 0.866. The number of amides is 4. The van der Waals surface area contributed by atoms with Crippen molar-refractivity contribution in [3.8, 4) is 0 Å². The van der Waals surface area contributed by atoms with Crippen LogP contribution >= 0.6 is 0 Å². The zero-order valence-corrected chi connectivity index (χ0v) is 14.9. The van der Waals surface area contributed by atoms with Crippen molar-refractivity contribution in [1.82, 2.24) is 15.1 Å². The van der Waals surface area contributed by atoms with Crippen LogP contribution in [0.5, 0.6) is 0 Å². The molecule has 1 saturated heterocycles. The lowest BCUT2D eigenvalue weighted by Gasteiger charge is -2.34. The highest BCUT2D eigenvalue weighted by molar-refractivity contribution is 5.96. The van der Waals surface area contributed by atoms with Crippen LogP contribution in [-0.4, -0.2) is 60.4 Å². The first-order valence-corrected chi connectivity index (χ1v) is 8.85. The van der Waals surface area contributed by atoms with Gasteiger partial charge in [0.25, 0.3) is 5.91 Å². The van der Waals surface area contributed by atoms with Crippen LogP contribution in [0.2, 0.25) is 0 Å². The second kappa shape index (κ2) is 8.84. The maximum Gasteiger partial charge on any atom is 0.321 e. The van der Waals surface area contributed by atoms with Crippen LogP contribution < -0.4 is 10.6 Å². The third-order valence-corrected chi connectivity index (χ3v) is 4.38. The van der Waals surface area contributed by atoms with Gasteiger partial charge in [-0.2, -0.15) is 0 Å². The molecule has 1 aliphatic heterocycles. The summed E-state index contributed by atoms with van der Waals surface area (Å²) in [5.41, 5.74) is 1.26. The summed E-state index contributed by atoms with van der Waals surface area (Å²) >= 11 is 0. The Morgan fingerprint density at radius 1 is 0.778 bits per heavy atom. The summed E-state index contributed by atoms with van der Waals surface area (Å²) in [6.45, 7) is 1.75. The minimum atomic E-state index is -0.273. The molecule has 3 rings (SSSR count). The first kappa shape index (κ1) is 18.4. The van der Waals surface area contributed by atoms with Crippen LogP contribution in [0.15, 0.2) is 60.7 Å². The molecule has 0 aliphatic carbocycles. The van der Waals surface area contributed by atoms with E-state index in [0.29, 0.717) is 31.7 Å². The smallest absolute Gasteiger partial charge is 0.321 e. The molecule has 2 N–H and O–H groups in total. The van der Waals surface area contributed by atoms with Gasteiger partial charge in [-0.1, -0.05) is 36.4 Å². The fraction of sp³-hybridized carbons (Fsp3) is 0.250. The Bertz CT molecular complexity index is 787. The van der Waals surface area contributed by atoms with Gasteiger partial charge in [0.05, 0.1) is 6.54 Å². The van der Waals surface area contributed by atoms with E-state index in [1.807, 2.05) is 36.4 Å². The van der Waals surface area contributed by atoms with Gasteiger partial charge in [0.1, 0.15) is 0 Å². The summed E-state index contributed by atoms with van der Waals surface area (Å²) in [5.74, 6) is -0.424. The summed E-state index contributed by atoms with van der Waals surface area (Å²) in [4.78, 5) is 39.9. The number of hydrogen-bond acceptors (Lipinski definition) is 3. The maximum atomic E-state index is 12.3. The fourth-order valence-corrected chi connectivity index (χ4v) is 2.84. The summed E-state index contributed by atoms with van der Waals surface area (Å²) in [6, 6.07) is 17.9. The second-order valence-electron chi connectivity index (χ2n) is 6.21. The normalized spacial score (nSPS) is 13.8. The fourth-order valence-electron chi connectivity index (χ4n) is 2.84. The number of hydrogen-bond donors (Lipinski definition) is 2. The van der Waals surface area contributed by atoms with Gasteiger partial charge < -0.3 is 20.4 Å². The average molecular weight is 366 g/mol. The Morgan fingerprint density at radius 3 is 1.96 bits per heavy atom. The molecule has 0 saturated carbocycles. The van der Waals surface area contributed by atoms with E-state index >= 15 is 0 Å². The maximum absolute atomic E-state index is 12.3. The summed E-state index contributed by atoms with van der Waals surface area (Å²) < 4.78 is 0. The molecule has 1 aliphatic rings. The Balaban J connectivity index is 1.42. The molecule has 140 valence electrons. The largest absolute Gasteiger partial charge is 0.343 e. The van der Waals surface area contributed by atoms with Crippen LogP contribution in [0.1, 0.15) is 10.4 Å². The first-order valence-electron chi connectivity index (χ1n) is 8.85. The van der Waals surface area contributed by atoms with Gasteiger partial charge in [-0.15, -0.1) is 0 Å². The van der Waals surface area contributed by atoms with Gasteiger partial charge in [0.2, 0.25) is 5.91 Å². The van der Waals surface area contributed by atoms with E-state index < -0.39 is 0 Å². The van der Waals surface area contributed by atoms with E-state index in [9.17, 15) is 14.4 Å². The predicted octanol–water partition coefficient (Wildman–Crippen LogP) is 1.79. The SMILES string of the molecule is O=C(NCC(=O)N1CCN(C(=O)Nc2ccccc2)CC1)c1ccccc1. The molecule has 0 atom stereocenters. The van der Waals surface area contributed by atoms with Crippen molar-refractivity contribution >= 4 is 23.5 Å². The van der Waals surface area contributed by atoms with Gasteiger partial charge in [-0.25, -0.2) is 4.79 Å². The van der Waals surface area contributed by atoms with Crippen LogP contribution in [0, 0.1) is 0 Å². The molecular formula is C20H22N4O3. The Morgan fingerprint density at radius 2 is 1.33 bits per heavy atom. The second-order valence-corrected chi connectivity index (χ2v) is 6.21. The van der Waals surface area contributed by atoms with Crippen LogP contribution in [0.25, 0.3) is 0 Å². The molecule has 0 radical (unpaired) electrons. The molecule has 0 spiro atoms. The minimum absolute atomic E-state index is 0.0516. The lowest BCUT2D eigenvalue weighted by molar-refractivity contribution is -0.131. The molecule has 1 fully saturated rings. The van der Waals surface area contributed by atoms with Crippen molar-refractivity contribution in [1.29, 1.82) is 0 Å². The van der Waals surface area contributed by atoms with Gasteiger partial charge in [-0.05, 0) is 24.3 Å². The summed E-state index contributed by atoms with van der Waals surface area (Å²) in [7, 11) is 0. The predicted molar refractivity (Wildman–Crippen MR) is 102 cm³/mol. The molecule has 27 heavy (non-hydrogen) atoms. The zero-order chi connectivity index (χ0) is 19.1. The topological polar surface area (TPSA) is 81.8 Å². The highest BCUT2D eigenvalue weighted by Crippen LogP contribution is 2.09. The standard InChI is InChI=1S/C20H22N4O3/c25-18(15-21-19(26)16-7-3-1-4-8-16)23-11-13-24(14-12-23)20(27)22-17-9-5-2-6-10-17/h1-10H,11-15H2,(H,21,26)(H,22,27). The Labute approximate surface area is 158 Å². The van der Waals surface area contributed by atoms with Crippen molar-refractivity contribution in [3.05, 3.63) is 66.2 Å². The highest BCUT2D eigenvalue weighted by Gasteiger charge is 2.24. The number of para-hydroxylation sites is 1. The van der Waals surface area contributed by atoms with E-state index in [4.69, 9.17) is 0 Å². The number of benzene rings is 2. The highest BCUT2D eigenvalue weighted by atomic mass is 16.2. The molecule has 7 nitrogen and oxygen atoms in total. The van der Waals surface area contributed by atoms with E-state index in [1.165, 1.54) is 0 Å². The minimum Gasteiger partial charge on any atom is -0.343 e. The van der Waals surface area contributed by atoms with Gasteiger partial charge in [0.15, 0.2) is 0 Å². The number of nitrogens with one attached hydrogen (secondary N) is 2. The summed E-state index contributed by atoms with van der Waals surface area (Å²) in [5, 5.41) is 5.48. The number of urea groups is 1. The van der Waals surface area contributed by atoms with Crippen LogP contribution in [-0.2, 0) is 4.79 Å². The Kier molecular flexibility index (Phi) is 6.04. The third-order valence-electron chi connectivity index (χ3n) is 4.38. The first-order chi connectivity index (χ1) is 13.1. The van der Waals surface area contributed by atoms with E-state index in [1.54, 1.807) is 34.1 Å². The molecule has 0 unspecified atom stereocenters. The van der Waals surface area contributed by atoms with Crippen LogP contribution in [0.4, 0.5) is 10.5 Å². The number of rotatable bonds is 4. The van der Waals surface area contributed by atoms with Crippen molar-refractivity contribution < 1.29 is 14.4 Å². The molecule has 2 aromatic carbocycles. The molecule has 0 aromatic heterocycles. The third kappa shape index (κ3) is 5.07. The molecule has 0 bridgehead atoms. The molecule has 2 aromatic rings. The number of anilines is 1.